The molecule has 0 bridgehead atoms. The Morgan fingerprint density at radius 2 is 0.750 bits per heavy atom. The maximum Gasteiger partial charge on any atom is -0.00206 e. The van der Waals surface area contributed by atoms with Crippen LogP contribution in [-0.4, -0.2) is 0 Å². The van der Waals surface area contributed by atoms with E-state index in [2.05, 4.69) is 158 Å². The largest absolute Gasteiger partial charge is 0.0616 e. The maximum atomic E-state index is 2.37. The molecule has 0 heteroatoms. The Hall–Kier alpha value is -5.72. The van der Waals surface area contributed by atoms with Gasteiger partial charge in [-0.15, -0.1) is 0 Å². The summed E-state index contributed by atoms with van der Waals surface area (Å²) in [6, 6.07) is 58.7. The van der Waals surface area contributed by atoms with Crippen LogP contribution in [0.15, 0.2) is 158 Å². The van der Waals surface area contributed by atoms with Crippen molar-refractivity contribution in [3.05, 3.63) is 158 Å². The van der Waals surface area contributed by atoms with E-state index in [-0.39, 0.29) is 0 Å². The normalized spacial score (nSPS) is 12.1. The van der Waals surface area contributed by atoms with Crippen LogP contribution in [-0.2, 0) is 0 Å². The van der Waals surface area contributed by atoms with E-state index in [0.29, 0.717) is 0 Å². The van der Waals surface area contributed by atoms with Gasteiger partial charge in [-0.2, -0.15) is 0 Å². The molecule has 0 aromatic heterocycles. The predicted octanol–water partition coefficient (Wildman–Crippen LogP) is 12.5. The van der Waals surface area contributed by atoms with Crippen LogP contribution in [0.4, 0.5) is 0 Å². The summed E-state index contributed by atoms with van der Waals surface area (Å²) in [5.41, 5.74) is 5.02. The second-order valence-electron chi connectivity index (χ2n) is 12.1. The van der Waals surface area contributed by atoms with E-state index in [1.54, 1.807) is 0 Å². The van der Waals surface area contributed by atoms with Crippen LogP contribution in [0.25, 0.3) is 97.7 Å². The lowest BCUT2D eigenvalue weighted by molar-refractivity contribution is 1.67. The number of benzene rings is 10. The van der Waals surface area contributed by atoms with Crippen LogP contribution in [0.1, 0.15) is 0 Å². The summed E-state index contributed by atoms with van der Waals surface area (Å²) in [6.45, 7) is 0. The summed E-state index contributed by atoms with van der Waals surface area (Å²) in [4.78, 5) is 0. The Labute approximate surface area is 254 Å². The molecule has 202 valence electrons. The second-order valence-corrected chi connectivity index (χ2v) is 12.1. The fourth-order valence-corrected chi connectivity index (χ4v) is 7.58. The zero-order valence-electron chi connectivity index (χ0n) is 24.0. The van der Waals surface area contributed by atoms with Gasteiger partial charge in [-0.25, -0.2) is 0 Å². The molecule has 0 nitrogen and oxygen atoms in total. The molecule has 0 heterocycles. The highest BCUT2D eigenvalue weighted by Gasteiger charge is 2.13. The molecule has 0 fully saturated rings. The average Bonchev–Trinajstić information content (AvgIpc) is 3.09. The highest BCUT2D eigenvalue weighted by Crippen LogP contribution is 2.40. The minimum Gasteiger partial charge on any atom is -0.0616 e. The topological polar surface area (TPSA) is 0 Å². The Morgan fingerprint density at radius 3 is 1.59 bits per heavy atom. The van der Waals surface area contributed by atoms with E-state index in [9.17, 15) is 0 Å². The van der Waals surface area contributed by atoms with Gasteiger partial charge in [0.05, 0.1) is 0 Å². The number of rotatable bonds is 2. The highest BCUT2D eigenvalue weighted by atomic mass is 14.2. The zero-order valence-corrected chi connectivity index (χ0v) is 24.0. The fraction of sp³-hybridized carbons (Fsp3) is 0. The van der Waals surface area contributed by atoms with Gasteiger partial charge < -0.3 is 0 Å². The van der Waals surface area contributed by atoms with Crippen LogP contribution in [0.2, 0.25) is 0 Å². The number of fused-ring (bicyclic) bond motifs is 6. The van der Waals surface area contributed by atoms with E-state index >= 15 is 0 Å². The second kappa shape index (κ2) is 8.89. The summed E-state index contributed by atoms with van der Waals surface area (Å²) >= 11 is 0. The van der Waals surface area contributed by atoms with Crippen molar-refractivity contribution in [1.29, 1.82) is 0 Å². The SMILES string of the molecule is c1ccc2c(c1)ccc1c3cc(-c4ccc5ccc(-c6ccc7ccc8cccc9ccc6c7c89)cc5c4)ccc3ccc21. The third-order valence-electron chi connectivity index (χ3n) is 9.76. The molecular weight excluding hydrogens is 528 g/mol. The van der Waals surface area contributed by atoms with Gasteiger partial charge in [-0.3, -0.25) is 0 Å². The standard InChI is InChI=1S/C44H26/c1-2-7-37-28(4-1)16-22-40-39(37)21-17-29-10-14-34(26-42(29)40)33-13-8-27-9-15-35(25-36(27)24-33)38-20-18-32-12-11-30-5-3-6-31-19-23-41(38)44(32)43(30)31/h1-26H. The lowest BCUT2D eigenvalue weighted by Crippen LogP contribution is -1.87. The van der Waals surface area contributed by atoms with Gasteiger partial charge in [0, 0.05) is 0 Å². The van der Waals surface area contributed by atoms with Crippen molar-refractivity contribution in [2.24, 2.45) is 0 Å². The summed E-state index contributed by atoms with van der Waals surface area (Å²) in [5, 5.41) is 18.2. The van der Waals surface area contributed by atoms with Crippen LogP contribution in [0.5, 0.6) is 0 Å². The fourth-order valence-electron chi connectivity index (χ4n) is 7.58. The molecule has 10 aromatic carbocycles. The lowest BCUT2D eigenvalue weighted by atomic mass is 9.89. The molecular formula is C44H26. The molecule has 0 saturated heterocycles. The first-order valence-electron chi connectivity index (χ1n) is 15.3. The minimum absolute atomic E-state index is 1.24. The molecule has 0 spiro atoms. The van der Waals surface area contributed by atoms with E-state index in [1.807, 2.05) is 0 Å². The molecule has 0 aliphatic heterocycles. The van der Waals surface area contributed by atoms with Crippen LogP contribution in [0, 0.1) is 0 Å². The van der Waals surface area contributed by atoms with Crippen LogP contribution >= 0.6 is 0 Å². The highest BCUT2D eigenvalue weighted by molar-refractivity contribution is 6.25. The van der Waals surface area contributed by atoms with Crippen molar-refractivity contribution < 1.29 is 0 Å². The van der Waals surface area contributed by atoms with Crippen molar-refractivity contribution in [2.45, 2.75) is 0 Å². The van der Waals surface area contributed by atoms with Gasteiger partial charge in [-0.1, -0.05) is 140 Å². The smallest absolute Gasteiger partial charge is 0.00206 e. The molecule has 0 saturated carbocycles. The molecule has 0 amide bonds. The molecule has 0 unspecified atom stereocenters. The molecule has 0 atom stereocenters. The quantitative estimate of drug-likeness (QED) is 0.186. The molecule has 0 radical (unpaired) electrons. The summed E-state index contributed by atoms with van der Waals surface area (Å²) < 4.78 is 0. The molecule has 10 rings (SSSR count). The first kappa shape index (κ1) is 23.8. The maximum absolute atomic E-state index is 2.37. The molecule has 44 heavy (non-hydrogen) atoms. The lowest BCUT2D eigenvalue weighted by Gasteiger charge is -2.15. The first-order valence-corrected chi connectivity index (χ1v) is 15.3. The van der Waals surface area contributed by atoms with Gasteiger partial charge >= 0.3 is 0 Å². The van der Waals surface area contributed by atoms with Crippen LogP contribution < -0.4 is 0 Å². The van der Waals surface area contributed by atoms with Crippen LogP contribution in [0.3, 0.4) is 0 Å². The van der Waals surface area contributed by atoms with Gasteiger partial charge in [0.15, 0.2) is 0 Å². The van der Waals surface area contributed by atoms with Crippen molar-refractivity contribution in [1.82, 2.24) is 0 Å². The van der Waals surface area contributed by atoms with E-state index in [0.717, 1.165) is 0 Å². The average molecular weight is 555 g/mol. The van der Waals surface area contributed by atoms with E-state index in [4.69, 9.17) is 0 Å². The zero-order chi connectivity index (χ0) is 28.8. The van der Waals surface area contributed by atoms with E-state index in [1.165, 1.54) is 97.7 Å². The summed E-state index contributed by atoms with van der Waals surface area (Å²) in [5.74, 6) is 0. The van der Waals surface area contributed by atoms with Gasteiger partial charge in [0.1, 0.15) is 0 Å². The Kier molecular flexibility index (Phi) is 4.81. The number of hydrogen-bond acceptors (Lipinski definition) is 0. The van der Waals surface area contributed by atoms with Gasteiger partial charge in [0.2, 0.25) is 0 Å². The Balaban J connectivity index is 1.14. The van der Waals surface area contributed by atoms with Crippen molar-refractivity contribution in [3.8, 4) is 22.3 Å². The summed E-state index contributed by atoms with van der Waals surface area (Å²) in [7, 11) is 0. The third kappa shape index (κ3) is 3.40. The van der Waals surface area contributed by atoms with Gasteiger partial charge in [0.25, 0.3) is 0 Å². The Bertz CT molecular complexity index is 2750. The summed E-state index contributed by atoms with van der Waals surface area (Å²) in [6.07, 6.45) is 0. The Morgan fingerprint density at radius 1 is 0.227 bits per heavy atom. The monoisotopic (exact) mass is 554 g/mol. The van der Waals surface area contributed by atoms with Crippen molar-refractivity contribution >= 4 is 75.4 Å². The molecule has 0 N–H and O–H groups in total. The predicted molar refractivity (Wildman–Crippen MR) is 191 cm³/mol. The minimum atomic E-state index is 1.24. The number of hydrogen-bond donors (Lipinski definition) is 0. The molecule has 0 aliphatic carbocycles. The molecule has 10 aromatic rings. The first-order chi connectivity index (χ1) is 21.8. The van der Waals surface area contributed by atoms with E-state index < -0.39 is 0 Å². The third-order valence-corrected chi connectivity index (χ3v) is 9.76. The van der Waals surface area contributed by atoms with Gasteiger partial charge in [-0.05, 0) is 116 Å². The molecule has 0 aliphatic rings. The van der Waals surface area contributed by atoms with Crippen molar-refractivity contribution in [3.63, 3.8) is 0 Å². The van der Waals surface area contributed by atoms with Crippen molar-refractivity contribution in [2.75, 3.05) is 0 Å².